The van der Waals surface area contributed by atoms with Gasteiger partial charge in [-0.3, -0.25) is 0 Å². The molecule has 0 aliphatic rings. The smallest absolute Gasteiger partial charge is 0.123 e. The summed E-state index contributed by atoms with van der Waals surface area (Å²) in [6, 6.07) is 0. The van der Waals surface area contributed by atoms with Gasteiger partial charge in [-0.2, -0.15) is 5.48 Å². The van der Waals surface area contributed by atoms with Gasteiger partial charge < -0.3 is 9.94 Å². The predicted octanol–water partition coefficient (Wildman–Crippen LogP) is 2.47. The number of rotatable bonds is 6. The zero-order valence-corrected chi connectivity index (χ0v) is 10.8. The van der Waals surface area contributed by atoms with E-state index in [0.29, 0.717) is 5.76 Å². The first-order chi connectivity index (χ1) is 6.67. The highest BCUT2D eigenvalue weighted by Crippen LogP contribution is 2.42. The third-order valence-corrected chi connectivity index (χ3v) is 3.08. The van der Waals surface area contributed by atoms with Gasteiger partial charge in [0.05, 0.1) is 5.60 Å². The average Bonchev–Trinajstić information content (AvgIpc) is 2.02. The highest BCUT2D eigenvalue weighted by Gasteiger charge is 2.41. The molecule has 0 aliphatic heterocycles. The first-order valence-electron chi connectivity index (χ1n) is 5.43. The molecular weight excluding hydrogens is 190 g/mol. The maximum Gasteiger partial charge on any atom is 0.123 e. The number of hydrogen-bond donors (Lipinski definition) is 2. The molecule has 0 bridgehead atoms. The molecule has 0 fully saturated rings. The lowest BCUT2D eigenvalue weighted by Gasteiger charge is -2.41. The zero-order valence-electron chi connectivity index (χ0n) is 10.8. The molecule has 90 valence electrons. The van der Waals surface area contributed by atoms with Crippen LogP contribution in [0.25, 0.3) is 0 Å². The van der Waals surface area contributed by atoms with E-state index in [0.717, 1.165) is 6.42 Å². The van der Waals surface area contributed by atoms with Crippen LogP contribution in [0.15, 0.2) is 12.3 Å². The Bertz CT molecular complexity index is 216. The van der Waals surface area contributed by atoms with Crippen molar-refractivity contribution in [1.82, 2.24) is 5.48 Å². The zero-order chi connectivity index (χ0) is 12.3. The van der Waals surface area contributed by atoms with E-state index in [4.69, 9.17) is 4.84 Å². The molecule has 15 heavy (non-hydrogen) atoms. The Morgan fingerprint density at radius 1 is 1.40 bits per heavy atom. The Morgan fingerprint density at radius 2 is 1.87 bits per heavy atom. The summed E-state index contributed by atoms with van der Waals surface area (Å²) in [5.74, 6) is 0.754. The number of allylic oxidation sites excluding steroid dienone is 1. The summed E-state index contributed by atoms with van der Waals surface area (Å²) < 4.78 is 0. The molecule has 0 aromatic heterocycles. The summed E-state index contributed by atoms with van der Waals surface area (Å²) in [5, 5.41) is 10.1. The van der Waals surface area contributed by atoms with Crippen LogP contribution in [0.2, 0.25) is 0 Å². The molecular formula is C12H25NO2. The van der Waals surface area contributed by atoms with E-state index in [-0.39, 0.29) is 11.3 Å². The predicted molar refractivity (Wildman–Crippen MR) is 63.1 cm³/mol. The van der Waals surface area contributed by atoms with Crippen molar-refractivity contribution in [2.24, 2.45) is 11.3 Å². The maximum atomic E-state index is 10.1. The van der Waals surface area contributed by atoms with Gasteiger partial charge in [-0.1, -0.05) is 27.4 Å². The van der Waals surface area contributed by atoms with Crippen LogP contribution in [-0.2, 0) is 4.84 Å². The van der Waals surface area contributed by atoms with Gasteiger partial charge in [-0.25, -0.2) is 0 Å². The average molecular weight is 215 g/mol. The lowest BCUT2D eigenvalue weighted by Crippen LogP contribution is -2.42. The summed E-state index contributed by atoms with van der Waals surface area (Å²) in [6.45, 7) is 13.7. The number of aliphatic hydroxyl groups is 1. The van der Waals surface area contributed by atoms with Gasteiger partial charge in [0, 0.05) is 12.5 Å². The molecule has 0 rings (SSSR count). The molecule has 0 aliphatic carbocycles. The van der Waals surface area contributed by atoms with Crippen molar-refractivity contribution < 1.29 is 9.94 Å². The lowest BCUT2D eigenvalue weighted by molar-refractivity contribution is -0.0540. The van der Waals surface area contributed by atoms with Gasteiger partial charge in [0.25, 0.3) is 0 Å². The summed E-state index contributed by atoms with van der Waals surface area (Å²) in [5.41, 5.74) is 1.62. The monoisotopic (exact) mass is 215 g/mol. The Labute approximate surface area is 93.5 Å². The Kier molecular flexibility index (Phi) is 4.81. The van der Waals surface area contributed by atoms with Crippen LogP contribution in [0, 0.1) is 11.3 Å². The van der Waals surface area contributed by atoms with Crippen molar-refractivity contribution in [2.75, 3.05) is 7.05 Å². The standard InChI is InChI=1S/C12H25NO2/c1-8-10(12(5,6)14)11(3,4)9(2)15-13-7/h10,13-14H,2,8H2,1,3-7H3/t10-/m0/s1. The van der Waals surface area contributed by atoms with Crippen LogP contribution in [-0.4, -0.2) is 17.8 Å². The van der Waals surface area contributed by atoms with E-state index < -0.39 is 5.60 Å². The molecule has 3 nitrogen and oxygen atoms in total. The third-order valence-electron chi connectivity index (χ3n) is 3.08. The van der Waals surface area contributed by atoms with E-state index in [9.17, 15) is 5.11 Å². The summed E-state index contributed by atoms with van der Waals surface area (Å²) >= 11 is 0. The van der Waals surface area contributed by atoms with Crippen LogP contribution < -0.4 is 5.48 Å². The van der Waals surface area contributed by atoms with Crippen LogP contribution in [0.4, 0.5) is 0 Å². The van der Waals surface area contributed by atoms with Crippen molar-refractivity contribution in [3.8, 4) is 0 Å². The van der Waals surface area contributed by atoms with Gasteiger partial charge in [0.15, 0.2) is 0 Å². The molecule has 0 saturated heterocycles. The summed E-state index contributed by atoms with van der Waals surface area (Å²) in [4.78, 5) is 5.23. The molecule has 0 aromatic carbocycles. The molecule has 0 amide bonds. The van der Waals surface area contributed by atoms with E-state index in [2.05, 4.69) is 19.0 Å². The van der Waals surface area contributed by atoms with Crippen molar-refractivity contribution in [1.29, 1.82) is 0 Å². The third kappa shape index (κ3) is 3.50. The van der Waals surface area contributed by atoms with Crippen LogP contribution in [0.5, 0.6) is 0 Å². The summed E-state index contributed by atoms with van der Waals surface area (Å²) in [6.07, 6.45) is 0.878. The minimum Gasteiger partial charge on any atom is -0.414 e. The molecule has 1 atom stereocenters. The second-order valence-electron chi connectivity index (χ2n) is 5.07. The van der Waals surface area contributed by atoms with E-state index in [1.807, 2.05) is 27.7 Å². The number of hydroxylamine groups is 1. The highest BCUT2D eigenvalue weighted by atomic mass is 16.6. The molecule has 0 saturated carbocycles. The lowest BCUT2D eigenvalue weighted by atomic mass is 9.68. The molecule has 2 N–H and O–H groups in total. The Hall–Kier alpha value is -0.540. The Balaban J connectivity index is 4.89. The molecule has 0 radical (unpaired) electrons. The Morgan fingerprint density at radius 3 is 2.13 bits per heavy atom. The first kappa shape index (κ1) is 14.5. The molecule has 0 heterocycles. The fourth-order valence-electron chi connectivity index (χ4n) is 2.34. The topological polar surface area (TPSA) is 41.5 Å². The fourth-order valence-corrected chi connectivity index (χ4v) is 2.34. The van der Waals surface area contributed by atoms with Crippen molar-refractivity contribution in [3.63, 3.8) is 0 Å². The number of hydrogen-bond acceptors (Lipinski definition) is 3. The molecule has 0 spiro atoms. The van der Waals surface area contributed by atoms with E-state index in [1.165, 1.54) is 0 Å². The summed E-state index contributed by atoms with van der Waals surface area (Å²) in [7, 11) is 1.70. The molecule has 3 heteroatoms. The van der Waals surface area contributed by atoms with Crippen LogP contribution >= 0.6 is 0 Å². The van der Waals surface area contributed by atoms with Crippen molar-refractivity contribution in [2.45, 2.75) is 46.6 Å². The second-order valence-corrected chi connectivity index (χ2v) is 5.07. The largest absolute Gasteiger partial charge is 0.414 e. The van der Waals surface area contributed by atoms with E-state index in [1.54, 1.807) is 7.05 Å². The van der Waals surface area contributed by atoms with Crippen molar-refractivity contribution in [3.05, 3.63) is 12.3 Å². The SMILES string of the molecule is C=C(ONC)C(C)(C)[C@H](CC)C(C)(C)O. The normalized spacial score (nSPS) is 14.9. The van der Waals surface area contributed by atoms with E-state index >= 15 is 0 Å². The van der Waals surface area contributed by atoms with Crippen LogP contribution in [0.3, 0.4) is 0 Å². The number of nitrogens with one attached hydrogen (secondary N) is 1. The molecule has 0 unspecified atom stereocenters. The van der Waals surface area contributed by atoms with Gasteiger partial charge in [-0.15, -0.1) is 0 Å². The molecule has 0 aromatic rings. The first-order valence-corrected chi connectivity index (χ1v) is 5.43. The minimum absolute atomic E-state index is 0.103. The van der Waals surface area contributed by atoms with Gasteiger partial charge in [-0.05, 0) is 26.2 Å². The second kappa shape index (κ2) is 4.99. The maximum absolute atomic E-state index is 10.1. The minimum atomic E-state index is -0.738. The highest BCUT2D eigenvalue weighted by molar-refractivity contribution is 5.05. The van der Waals surface area contributed by atoms with Gasteiger partial charge in [0.1, 0.15) is 5.76 Å². The van der Waals surface area contributed by atoms with Gasteiger partial charge >= 0.3 is 0 Å². The van der Waals surface area contributed by atoms with Crippen molar-refractivity contribution >= 4 is 0 Å². The van der Waals surface area contributed by atoms with Crippen LogP contribution in [0.1, 0.15) is 41.0 Å². The van der Waals surface area contributed by atoms with Gasteiger partial charge in [0.2, 0.25) is 0 Å². The quantitative estimate of drug-likeness (QED) is 0.528. The fraction of sp³-hybridized carbons (Fsp3) is 0.833.